The van der Waals surface area contributed by atoms with Gasteiger partial charge in [-0.2, -0.15) is 0 Å². The third-order valence-corrected chi connectivity index (χ3v) is 7.67. The lowest BCUT2D eigenvalue weighted by atomic mass is 9.66. The molecule has 0 saturated heterocycles. The molecule has 0 aromatic heterocycles. The van der Waals surface area contributed by atoms with Gasteiger partial charge in [0.15, 0.2) is 5.78 Å². The largest absolute Gasteiger partial charge is 0.314 e. The molecule has 0 unspecified atom stereocenters. The third kappa shape index (κ3) is 5.10. The molecule has 1 N–H and O–H groups in total. The fraction of sp³-hybridized carbons (Fsp3) is 0.400. The van der Waals surface area contributed by atoms with Gasteiger partial charge >= 0.3 is 0 Å². The molecular weight excluding hydrogens is 490 g/mol. The maximum absolute atomic E-state index is 12.3. The van der Waals surface area contributed by atoms with Gasteiger partial charge in [-0.25, -0.2) is 0 Å². The van der Waals surface area contributed by atoms with E-state index in [0.717, 1.165) is 29.4 Å². The monoisotopic (exact) mass is 515 g/mol. The number of fused-ring (bicyclic) bond motifs is 1. The number of ketones is 1. The normalized spacial score (nSPS) is 23.2. The van der Waals surface area contributed by atoms with Gasteiger partial charge in [-0.05, 0) is 79.8 Å². The molecule has 4 heteroatoms. The Morgan fingerprint density at radius 1 is 1.07 bits per heavy atom. The van der Waals surface area contributed by atoms with E-state index in [1.54, 1.807) is 0 Å². The van der Waals surface area contributed by atoms with E-state index in [0.29, 0.717) is 17.9 Å². The van der Waals surface area contributed by atoms with Crippen molar-refractivity contribution in [1.29, 1.82) is 0 Å². The van der Waals surface area contributed by atoms with Gasteiger partial charge in [0.1, 0.15) is 0 Å². The molecule has 29 heavy (non-hydrogen) atoms. The van der Waals surface area contributed by atoms with Crippen molar-refractivity contribution < 1.29 is 4.79 Å². The summed E-state index contributed by atoms with van der Waals surface area (Å²) in [5, 5.41) is 3.70. The highest BCUT2D eigenvalue weighted by Crippen LogP contribution is 2.45. The molecule has 2 aliphatic carbocycles. The lowest BCUT2D eigenvalue weighted by Gasteiger charge is -2.41. The number of hydrogen-bond donors (Lipinski definition) is 1. The quantitative estimate of drug-likeness (QED) is 0.332. The number of nitrogens with one attached hydrogen (secondary N) is 1. The Morgan fingerprint density at radius 2 is 1.83 bits per heavy atom. The van der Waals surface area contributed by atoms with Crippen molar-refractivity contribution in [3.63, 3.8) is 0 Å². The van der Waals surface area contributed by atoms with Crippen LogP contribution in [0, 0.1) is 5.41 Å². The first kappa shape index (κ1) is 21.0. The summed E-state index contributed by atoms with van der Waals surface area (Å²) in [6.45, 7) is 0.922. The Balaban J connectivity index is 1.21. The highest BCUT2D eigenvalue weighted by Gasteiger charge is 2.35. The lowest BCUT2D eigenvalue weighted by Crippen LogP contribution is -2.39. The molecule has 0 aliphatic heterocycles. The first-order valence-electron chi connectivity index (χ1n) is 10.5. The molecule has 1 fully saturated rings. The smallest absolute Gasteiger partial charge is 0.162 e. The van der Waals surface area contributed by atoms with Crippen LogP contribution < -0.4 is 5.32 Å². The second-order valence-electron chi connectivity index (χ2n) is 8.45. The summed E-state index contributed by atoms with van der Waals surface area (Å²) in [5.41, 5.74) is 3.97. The Bertz CT molecular complexity index is 896. The Morgan fingerprint density at radius 3 is 2.59 bits per heavy atom. The van der Waals surface area contributed by atoms with Crippen LogP contribution >= 0.6 is 31.9 Å². The average molecular weight is 517 g/mol. The predicted molar refractivity (Wildman–Crippen MR) is 127 cm³/mol. The molecule has 2 aromatic rings. The molecule has 0 radical (unpaired) electrons. The van der Waals surface area contributed by atoms with Gasteiger partial charge in [-0.3, -0.25) is 4.79 Å². The average Bonchev–Trinajstić information content (AvgIpc) is 2.73. The van der Waals surface area contributed by atoms with Gasteiger partial charge in [-0.1, -0.05) is 68.3 Å². The molecule has 4 rings (SSSR count). The van der Waals surface area contributed by atoms with Crippen LogP contribution in [-0.4, -0.2) is 18.4 Å². The topological polar surface area (TPSA) is 29.1 Å². The van der Waals surface area contributed by atoms with Crippen LogP contribution in [0.15, 0.2) is 57.5 Å². The predicted octanol–water partition coefficient (Wildman–Crippen LogP) is 6.96. The summed E-state index contributed by atoms with van der Waals surface area (Å²) in [6, 6.07) is 14.8. The molecule has 2 nitrogen and oxygen atoms in total. The van der Waals surface area contributed by atoms with Crippen LogP contribution in [0.4, 0.5) is 0 Å². The summed E-state index contributed by atoms with van der Waals surface area (Å²) in [7, 11) is 0. The fourth-order valence-electron chi connectivity index (χ4n) is 4.70. The molecule has 0 heterocycles. The fourth-order valence-corrected chi connectivity index (χ4v) is 5.50. The van der Waals surface area contributed by atoms with Gasteiger partial charge in [0, 0.05) is 27.0 Å². The SMILES string of the molecule is O=C(CCCNC1CCC2(C=Cc3c(Br)cccc3C2)CC1)c1ccc(Br)cc1. The van der Waals surface area contributed by atoms with Crippen molar-refractivity contribution in [3.8, 4) is 0 Å². The highest BCUT2D eigenvalue weighted by atomic mass is 79.9. The first-order chi connectivity index (χ1) is 14.0. The van der Waals surface area contributed by atoms with Gasteiger partial charge in [0.05, 0.1) is 0 Å². The van der Waals surface area contributed by atoms with E-state index in [9.17, 15) is 4.79 Å². The van der Waals surface area contributed by atoms with Crippen molar-refractivity contribution >= 4 is 43.7 Å². The molecule has 1 spiro atoms. The molecule has 0 amide bonds. The van der Waals surface area contributed by atoms with Crippen LogP contribution in [0.5, 0.6) is 0 Å². The maximum atomic E-state index is 12.3. The number of hydrogen-bond acceptors (Lipinski definition) is 2. The zero-order valence-corrected chi connectivity index (χ0v) is 19.8. The van der Waals surface area contributed by atoms with E-state index >= 15 is 0 Å². The van der Waals surface area contributed by atoms with Crippen molar-refractivity contribution in [2.75, 3.05) is 6.54 Å². The highest BCUT2D eigenvalue weighted by molar-refractivity contribution is 9.10. The van der Waals surface area contributed by atoms with Crippen LogP contribution in [-0.2, 0) is 6.42 Å². The minimum absolute atomic E-state index is 0.235. The Labute approximate surface area is 190 Å². The maximum Gasteiger partial charge on any atom is 0.162 e. The molecule has 0 atom stereocenters. The zero-order valence-electron chi connectivity index (χ0n) is 16.6. The van der Waals surface area contributed by atoms with Crippen molar-refractivity contribution in [1.82, 2.24) is 5.32 Å². The number of carbonyl (C=O) groups is 1. The zero-order chi connectivity index (χ0) is 20.3. The third-order valence-electron chi connectivity index (χ3n) is 6.45. The number of rotatable bonds is 6. The van der Waals surface area contributed by atoms with Crippen molar-refractivity contribution in [2.24, 2.45) is 5.41 Å². The number of halogens is 2. The minimum Gasteiger partial charge on any atom is -0.314 e. The lowest BCUT2D eigenvalue weighted by molar-refractivity contribution is 0.0979. The van der Waals surface area contributed by atoms with E-state index in [2.05, 4.69) is 67.5 Å². The Hall–Kier alpha value is -1.23. The van der Waals surface area contributed by atoms with Gasteiger partial charge in [0.25, 0.3) is 0 Å². The minimum atomic E-state index is 0.235. The number of allylic oxidation sites excluding steroid dienone is 1. The number of Topliss-reactive ketones (excluding diaryl/α,β-unsaturated/α-hetero) is 1. The molecule has 1 saturated carbocycles. The summed E-state index contributed by atoms with van der Waals surface area (Å²) >= 11 is 7.09. The molecule has 2 aliphatic rings. The van der Waals surface area contributed by atoms with Gasteiger partial charge in [-0.15, -0.1) is 0 Å². The van der Waals surface area contributed by atoms with Crippen LogP contribution in [0.2, 0.25) is 0 Å². The van der Waals surface area contributed by atoms with Gasteiger partial charge < -0.3 is 5.32 Å². The summed E-state index contributed by atoms with van der Waals surface area (Å²) < 4.78 is 2.21. The van der Waals surface area contributed by atoms with Crippen LogP contribution in [0.25, 0.3) is 6.08 Å². The molecular formula is C25H27Br2NO. The van der Waals surface area contributed by atoms with E-state index in [1.165, 1.54) is 41.3 Å². The van der Waals surface area contributed by atoms with Crippen LogP contribution in [0.3, 0.4) is 0 Å². The first-order valence-corrected chi connectivity index (χ1v) is 12.1. The van der Waals surface area contributed by atoms with E-state index in [-0.39, 0.29) is 5.78 Å². The van der Waals surface area contributed by atoms with Gasteiger partial charge in [0.2, 0.25) is 0 Å². The van der Waals surface area contributed by atoms with Crippen molar-refractivity contribution in [2.45, 2.75) is 51.0 Å². The summed E-state index contributed by atoms with van der Waals surface area (Å²) in [5.74, 6) is 0.235. The molecule has 152 valence electrons. The number of carbonyl (C=O) groups excluding carboxylic acids is 1. The Kier molecular flexibility index (Phi) is 6.73. The molecule has 2 aromatic carbocycles. The standard InChI is InChI=1S/C25H27Br2NO/c26-20-8-6-18(7-9-20)24(29)5-2-16-28-21-10-13-25(14-11-21)15-12-22-19(17-25)3-1-4-23(22)27/h1,3-4,6-9,12,15,21,28H,2,5,10-11,13-14,16-17H2. The second-order valence-corrected chi connectivity index (χ2v) is 10.2. The van der Waals surface area contributed by atoms with E-state index in [4.69, 9.17) is 0 Å². The van der Waals surface area contributed by atoms with E-state index in [1.807, 2.05) is 24.3 Å². The van der Waals surface area contributed by atoms with Crippen molar-refractivity contribution in [3.05, 3.63) is 74.2 Å². The second kappa shape index (κ2) is 9.28. The molecule has 0 bridgehead atoms. The summed E-state index contributed by atoms with van der Waals surface area (Å²) in [4.78, 5) is 12.3. The van der Waals surface area contributed by atoms with Crippen LogP contribution in [0.1, 0.15) is 60.0 Å². The summed E-state index contributed by atoms with van der Waals surface area (Å²) in [6.07, 6.45) is 12.4. The number of benzene rings is 2. The van der Waals surface area contributed by atoms with E-state index < -0.39 is 0 Å².